The SMILES string of the molecule is CSc1cccc(NC(=O)C(=O)Nc2ccc(Br)cc2)c1. The van der Waals surface area contributed by atoms with Crippen molar-refractivity contribution in [3.63, 3.8) is 0 Å². The van der Waals surface area contributed by atoms with Crippen LogP contribution in [0.3, 0.4) is 0 Å². The molecule has 0 radical (unpaired) electrons. The third kappa shape index (κ3) is 4.61. The predicted molar refractivity (Wildman–Crippen MR) is 89.6 cm³/mol. The van der Waals surface area contributed by atoms with Crippen LogP contribution in [0.1, 0.15) is 0 Å². The predicted octanol–water partition coefficient (Wildman–Crippen LogP) is 3.75. The molecule has 4 nitrogen and oxygen atoms in total. The number of halogens is 1. The van der Waals surface area contributed by atoms with Crippen LogP contribution in [0.5, 0.6) is 0 Å². The molecule has 2 aromatic rings. The Morgan fingerprint density at radius 1 is 0.952 bits per heavy atom. The summed E-state index contributed by atoms with van der Waals surface area (Å²) in [6, 6.07) is 14.3. The van der Waals surface area contributed by atoms with E-state index in [1.54, 1.807) is 42.1 Å². The third-order valence-corrected chi connectivity index (χ3v) is 3.89. The van der Waals surface area contributed by atoms with E-state index < -0.39 is 11.8 Å². The summed E-state index contributed by atoms with van der Waals surface area (Å²) in [5.41, 5.74) is 1.16. The van der Waals surface area contributed by atoms with Crippen molar-refractivity contribution in [2.24, 2.45) is 0 Å². The molecule has 6 heteroatoms. The van der Waals surface area contributed by atoms with Crippen molar-refractivity contribution in [2.45, 2.75) is 4.90 Å². The summed E-state index contributed by atoms with van der Waals surface area (Å²) in [6.07, 6.45) is 1.95. The molecule has 2 N–H and O–H groups in total. The number of carbonyl (C=O) groups excluding carboxylic acids is 2. The minimum Gasteiger partial charge on any atom is -0.318 e. The van der Waals surface area contributed by atoms with Crippen molar-refractivity contribution in [3.05, 3.63) is 53.0 Å². The number of rotatable bonds is 3. The first-order valence-electron chi connectivity index (χ1n) is 6.10. The smallest absolute Gasteiger partial charge is 0.314 e. The topological polar surface area (TPSA) is 58.2 Å². The van der Waals surface area contributed by atoms with Gasteiger partial charge in [-0.25, -0.2) is 0 Å². The highest BCUT2D eigenvalue weighted by Crippen LogP contribution is 2.19. The lowest BCUT2D eigenvalue weighted by atomic mass is 10.3. The molecule has 0 aliphatic heterocycles. The van der Waals surface area contributed by atoms with Gasteiger partial charge in [-0.3, -0.25) is 9.59 Å². The summed E-state index contributed by atoms with van der Waals surface area (Å²) in [7, 11) is 0. The highest BCUT2D eigenvalue weighted by atomic mass is 79.9. The van der Waals surface area contributed by atoms with Crippen LogP contribution < -0.4 is 10.6 Å². The molecule has 108 valence electrons. The Morgan fingerprint density at radius 3 is 2.19 bits per heavy atom. The molecule has 0 fully saturated rings. The Labute approximate surface area is 135 Å². The summed E-state index contributed by atoms with van der Waals surface area (Å²) in [6.45, 7) is 0. The molecule has 0 spiro atoms. The molecule has 0 aliphatic carbocycles. The van der Waals surface area contributed by atoms with Crippen LogP contribution in [0.15, 0.2) is 57.9 Å². The molecule has 2 aromatic carbocycles. The molecule has 0 saturated heterocycles. The van der Waals surface area contributed by atoms with Gasteiger partial charge in [-0.05, 0) is 48.7 Å². The summed E-state index contributed by atoms with van der Waals surface area (Å²) < 4.78 is 0.902. The number of hydrogen-bond donors (Lipinski definition) is 2. The van der Waals surface area contributed by atoms with Gasteiger partial charge in [0.15, 0.2) is 0 Å². The molecule has 0 unspecified atom stereocenters. The number of anilines is 2. The molecule has 0 aromatic heterocycles. The first kappa shape index (κ1) is 15.6. The number of nitrogens with one attached hydrogen (secondary N) is 2. The summed E-state index contributed by atoms with van der Waals surface area (Å²) >= 11 is 4.87. The quantitative estimate of drug-likeness (QED) is 0.644. The normalized spacial score (nSPS) is 10.0. The Morgan fingerprint density at radius 2 is 1.57 bits per heavy atom. The minimum atomic E-state index is -0.702. The number of amides is 2. The van der Waals surface area contributed by atoms with Crippen molar-refractivity contribution in [3.8, 4) is 0 Å². The number of benzene rings is 2. The second-order valence-corrected chi connectivity index (χ2v) is 5.94. The minimum absolute atomic E-state index is 0.566. The van der Waals surface area contributed by atoms with Crippen LogP contribution in [0.25, 0.3) is 0 Å². The molecule has 21 heavy (non-hydrogen) atoms. The fourth-order valence-electron chi connectivity index (χ4n) is 1.61. The van der Waals surface area contributed by atoms with E-state index in [2.05, 4.69) is 26.6 Å². The average Bonchev–Trinajstić information content (AvgIpc) is 2.49. The number of carbonyl (C=O) groups is 2. The second-order valence-electron chi connectivity index (χ2n) is 4.15. The van der Waals surface area contributed by atoms with E-state index in [4.69, 9.17) is 0 Å². The van der Waals surface area contributed by atoms with Gasteiger partial charge in [0.05, 0.1) is 0 Å². The Bertz CT molecular complexity index is 659. The lowest BCUT2D eigenvalue weighted by Gasteiger charge is -2.07. The highest BCUT2D eigenvalue weighted by molar-refractivity contribution is 9.10. The van der Waals surface area contributed by atoms with Crippen LogP contribution >= 0.6 is 27.7 Å². The van der Waals surface area contributed by atoms with Crippen molar-refractivity contribution in [1.29, 1.82) is 0 Å². The van der Waals surface area contributed by atoms with E-state index in [1.807, 2.05) is 24.5 Å². The zero-order valence-corrected chi connectivity index (χ0v) is 13.6. The molecule has 0 saturated carbocycles. The average molecular weight is 365 g/mol. The van der Waals surface area contributed by atoms with Gasteiger partial charge < -0.3 is 10.6 Å². The zero-order valence-electron chi connectivity index (χ0n) is 11.2. The lowest BCUT2D eigenvalue weighted by Crippen LogP contribution is -2.29. The van der Waals surface area contributed by atoms with E-state index >= 15 is 0 Å². The molecular weight excluding hydrogens is 352 g/mol. The van der Waals surface area contributed by atoms with Gasteiger partial charge >= 0.3 is 11.8 Å². The fraction of sp³-hybridized carbons (Fsp3) is 0.0667. The van der Waals surface area contributed by atoms with Crippen LogP contribution in [0, 0.1) is 0 Å². The molecule has 2 rings (SSSR count). The van der Waals surface area contributed by atoms with Gasteiger partial charge in [-0.2, -0.15) is 0 Å². The molecular formula is C15H13BrN2O2S. The Hall–Kier alpha value is -1.79. The summed E-state index contributed by atoms with van der Waals surface area (Å²) in [4.78, 5) is 24.7. The molecule has 2 amide bonds. The summed E-state index contributed by atoms with van der Waals surface area (Å²) in [5, 5.41) is 5.12. The highest BCUT2D eigenvalue weighted by Gasteiger charge is 2.14. The van der Waals surface area contributed by atoms with E-state index in [0.717, 1.165) is 9.37 Å². The second kappa shape index (κ2) is 7.28. The first-order chi connectivity index (χ1) is 10.1. The van der Waals surface area contributed by atoms with Gasteiger partial charge in [0.25, 0.3) is 0 Å². The summed E-state index contributed by atoms with van der Waals surface area (Å²) in [5.74, 6) is -1.40. The Kier molecular flexibility index (Phi) is 5.41. The van der Waals surface area contributed by atoms with E-state index in [1.165, 1.54) is 0 Å². The third-order valence-electron chi connectivity index (χ3n) is 2.64. The standard InChI is InChI=1S/C15H13BrN2O2S/c1-21-13-4-2-3-12(9-13)18-15(20)14(19)17-11-7-5-10(16)6-8-11/h2-9H,1H3,(H,17,19)(H,18,20). The van der Waals surface area contributed by atoms with Crippen molar-refractivity contribution < 1.29 is 9.59 Å². The molecule has 0 atom stereocenters. The largest absolute Gasteiger partial charge is 0.318 e. The Balaban J connectivity index is 1.99. The van der Waals surface area contributed by atoms with Gasteiger partial charge in [0.1, 0.15) is 0 Å². The zero-order chi connectivity index (χ0) is 15.2. The van der Waals surface area contributed by atoms with Crippen LogP contribution in [-0.4, -0.2) is 18.1 Å². The van der Waals surface area contributed by atoms with Crippen molar-refractivity contribution >= 4 is 50.9 Å². The maximum absolute atomic E-state index is 11.8. The number of hydrogen-bond acceptors (Lipinski definition) is 3. The van der Waals surface area contributed by atoms with Gasteiger partial charge in [0, 0.05) is 20.7 Å². The van der Waals surface area contributed by atoms with Crippen LogP contribution in [-0.2, 0) is 9.59 Å². The monoisotopic (exact) mass is 364 g/mol. The van der Waals surface area contributed by atoms with Crippen LogP contribution in [0.2, 0.25) is 0 Å². The maximum atomic E-state index is 11.8. The van der Waals surface area contributed by atoms with Gasteiger partial charge in [-0.1, -0.05) is 22.0 Å². The van der Waals surface area contributed by atoms with Crippen molar-refractivity contribution in [2.75, 3.05) is 16.9 Å². The number of thioether (sulfide) groups is 1. The fourth-order valence-corrected chi connectivity index (χ4v) is 2.33. The van der Waals surface area contributed by atoms with E-state index in [0.29, 0.717) is 11.4 Å². The van der Waals surface area contributed by atoms with E-state index in [-0.39, 0.29) is 0 Å². The molecule has 0 aliphatic rings. The van der Waals surface area contributed by atoms with Gasteiger partial charge in [0.2, 0.25) is 0 Å². The van der Waals surface area contributed by atoms with Gasteiger partial charge in [-0.15, -0.1) is 11.8 Å². The first-order valence-corrected chi connectivity index (χ1v) is 8.12. The van der Waals surface area contributed by atoms with Crippen LogP contribution in [0.4, 0.5) is 11.4 Å². The lowest BCUT2D eigenvalue weighted by molar-refractivity contribution is -0.133. The molecule has 0 heterocycles. The van der Waals surface area contributed by atoms with E-state index in [9.17, 15) is 9.59 Å². The maximum Gasteiger partial charge on any atom is 0.314 e. The molecule has 0 bridgehead atoms. The van der Waals surface area contributed by atoms with Crippen molar-refractivity contribution in [1.82, 2.24) is 0 Å².